The Morgan fingerprint density at radius 1 is 1.39 bits per heavy atom. The van der Waals surface area contributed by atoms with Gasteiger partial charge in [-0.1, -0.05) is 18.2 Å². The fraction of sp³-hybridized carbons (Fsp3) is 0.385. The Morgan fingerprint density at radius 3 is 2.78 bits per heavy atom. The third-order valence-electron chi connectivity index (χ3n) is 3.33. The van der Waals surface area contributed by atoms with Crippen molar-refractivity contribution in [3.63, 3.8) is 0 Å². The second-order valence-electron chi connectivity index (χ2n) is 5.35. The molecule has 2 aliphatic heterocycles. The highest BCUT2D eigenvalue weighted by molar-refractivity contribution is 6.07. The van der Waals surface area contributed by atoms with Gasteiger partial charge in [0.05, 0.1) is 0 Å². The van der Waals surface area contributed by atoms with Crippen molar-refractivity contribution < 1.29 is 9.53 Å². The molecule has 5 heteroatoms. The number of nitrogens with two attached hydrogens (primary N) is 1. The summed E-state index contributed by atoms with van der Waals surface area (Å²) in [4.78, 5) is 16.6. The summed E-state index contributed by atoms with van der Waals surface area (Å²) in [5.41, 5.74) is 5.03. The number of nitrogens with one attached hydrogen (secondary N) is 1. The predicted octanol–water partition coefficient (Wildman–Crippen LogP) is 0.887. The summed E-state index contributed by atoms with van der Waals surface area (Å²) in [5.74, 6) is 0.693. The summed E-state index contributed by atoms with van der Waals surface area (Å²) < 4.78 is 5.90. The average molecular weight is 245 g/mol. The quantitative estimate of drug-likeness (QED) is 0.712. The molecule has 0 saturated carbocycles. The molecule has 3 N–H and O–H groups in total. The Hall–Kier alpha value is -2.04. The van der Waals surface area contributed by atoms with Gasteiger partial charge in [-0.25, -0.2) is 4.99 Å². The van der Waals surface area contributed by atoms with Gasteiger partial charge in [0.15, 0.2) is 11.5 Å². The lowest BCUT2D eigenvalue weighted by molar-refractivity contribution is -0.127. The Balaban J connectivity index is 2.24. The predicted molar refractivity (Wildman–Crippen MR) is 67.2 cm³/mol. The third kappa shape index (κ3) is 1.40. The van der Waals surface area contributed by atoms with Crippen molar-refractivity contribution >= 4 is 11.9 Å². The first-order chi connectivity index (χ1) is 8.43. The molecule has 0 aromatic heterocycles. The van der Waals surface area contributed by atoms with Crippen molar-refractivity contribution in [2.75, 3.05) is 0 Å². The molecular weight excluding hydrogens is 230 g/mol. The van der Waals surface area contributed by atoms with Gasteiger partial charge in [-0.2, -0.15) is 0 Å². The minimum absolute atomic E-state index is 0.174. The SMILES string of the molecule is CC1(C)CC2(N=C(N)NC2=O)c2ccccc2O1. The van der Waals surface area contributed by atoms with Crippen molar-refractivity contribution in [3.8, 4) is 5.75 Å². The van der Waals surface area contributed by atoms with Crippen LogP contribution in [0.1, 0.15) is 25.8 Å². The number of para-hydroxylation sites is 1. The van der Waals surface area contributed by atoms with Crippen molar-refractivity contribution in [3.05, 3.63) is 29.8 Å². The number of carbonyl (C=O) groups is 1. The minimum atomic E-state index is -0.942. The smallest absolute Gasteiger partial charge is 0.259 e. The van der Waals surface area contributed by atoms with Gasteiger partial charge < -0.3 is 10.5 Å². The van der Waals surface area contributed by atoms with Gasteiger partial charge in [0.2, 0.25) is 0 Å². The van der Waals surface area contributed by atoms with Gasteiger partial charge in [-0.3, -0.25) is 10.1 Å². The van der Waals surface area contributed by atoms with Crippen LogP contribution >= 0.6 is 0 Å². The number of hydrogen-bond acceptors (Lipinski definition) is 4. The molecule has 1 aromatic carbocycles. The van der Waals surface area contributed by atoms with Crippen LogP contribution in [0.15, 0.2) is 29.3 Å². The summed E-state index contributed by atoms with van der Waals surface area (Å²) >= 11 is 0. The van der Waals surface area contributed by atoms with E-state index in [1.54, 1.807) is 0 Å². The molecule has 94 valence electrons. The molecule has 0 fully saturated rings. The van der Waals surface area contributed by atoms with E-state index in [0.29, 0.717) is 12.2 Å². The lowest BCUT2D eigenvalue weighted by atomic mass is 9.78. The van der Waals surface area contributed by atoms with E-state index in [-0.39, 0.29) is 11.9 Å². The largest absolute Gasteiger partial charge is 0.487 e. The number of ether oxygens (including phenoxy) is 1. The summed E-state index contributed by atoms with van der Waals surface area (Å²) in [7, 11) is 0. The zero-order chi connectivity index (χ0) is 13.0. The lowest BCUT2D eigenvalue weighted by Gasteiger charge is -2.40. The average Bonchev–Trinajstić information content (AvgIpc) is 2.52. The number of hydrogen-bond donors (Lipinski definition) is 2. The third-order valence-corrected chi connectivity index (χ3v) is 3.33. The molecule has 0 saturated heterocycles. The fourth-order valence-corrected chi connectivity index (χ4v) is 2.75. The van der Waals surface area contributed by atoms with Crippen molar-refractivity contribution in [1.82, 2.24) is 5.32 Å². The Morgan fingerprint density at radius 2 is 2.11 bits per heavy atom. The maximum atomic E-state index is 12.3. The molecule has 3 rings (SSSR count). The van der Waals surface area contributed by atoms with Crippen molar-refractivity contribution in [2.24, 2.45) is 10.7 Å². The zero-order valence-electron chi connectivity index (χ0n) is 10.4. The van der Waals surface area contributed by atoms with Gasteiger partial charge in [0.1, 0.15) is 11.4 Å². The van der Waals surface area contributed by atoms with E-state index in [4.69, 9.17) is 10.5 Å². The summed E-state index contributed by atoms with van der Waals surface area (Å²) in [5, 5.41) is 2.59. The summed E-state index contributed by atoms with van der Waals surface area (Å²) in [6.07, 6.45) is 0.476. The van der Waals surface area contributed by atoms with E-state index in [0.717, 1.165) is 5.56 Å². The first-order valence-electron chi connectivity index (χ1n) is 5.88. The van der Waals surface area contributed by atoms with Crippen molar-refractivity contribution in [2.45, 2.75) is 31.4 Å². The molecule has 5 nitrogen and oxygen atoms in total. The van der Waals surface area contributed by atoms with Crippen LogP contribution in [0.25, 0.3) is 0 Å². The molecule has 1 amide bonds. The van der Waals surface area contributed by atoms with Crippen LogP contribution in [0.5, 0.6) is 5.75 Å². The second-order valence-corrected chi connectivity index (χ2v) is 5.35. The van der Waals surface area contributed by atoms with E-state index >= 15 is 0 Å². The van der Waals surface area contributed by atoms with Gasteiger partial charge in [0.25, 0.3) is 5.91 Å². The highest BCUT2D eigenvalue weighted by Gasteiger charge is 2.53. The number of nitrogens with zero attached hydrogens (tertiary/aromatic N) is 1. The Kier molecular flexibility index (Phi) is 2.00. The van der Waals surface area contributed by atoms with E-state index in [9.17, 15) is 4.79 Å². The van der Waals surface area contributed by atoms with Crippen LogP contribution in [0, 0.1) is 0 Å². The van der Waals surface area contributed by atoms with Crippen LogP contribution in [0.4, 0.5) is 0 Å². The van der Waals surface area contributed by atoms with E-state index in [1.807, 2.05) is 38.1 Å². The van der Waals surface area contributed by atoms with Gasteiger partial charge >= 0.3 is 0 Å². The molecule has 2 aliphatic rings. The first-order valence-corrected chi connectivity index (χ1v) is 5.88. The van der Waals surface area contributed by atoms with E-state index < -0.39 is 11.1 Å². The molecule has 1 atom stereocenters. The Bertz CT molecular complexity index is 565. The topological polar surface area (TPSA) is 76.7 Å². The number of fused-ring (bicyclic) bond motifs is 2. The maximum absolute atomic E-state index is 12.3. The van der Waals surface area contributed by atoms with Crippen LogP contribution in [-0.4, -0.2) is 17.5 Å². The van der Waals surface area contributed by atoms with Crippen LogP contribution in [0.3, 0.4) is 0 Å². The number of rotatable bonds is 0. The number of carbonyl (C=O) groups excluding carboxylic acids is 1. The fourth-order valence-electron chi connectivity index (χ4n) is 2.75. The molecule has 0 bridgehead atoms. The summed E-state index contributed by atoms with van der Waals surface area (Å²) in [6, 6.07) is 7.48. The normalized spacial score (nSPS) is 28.3. The first kappa shape index (κ1) is 11.1. The van der Waals surface area contributed by atoms with Crippen molar-refractivity contribution in [1.29, 1.82) is 0 Å². The molecule has 1 aromatic rings. The van der Waals surface area contributed by atoms with E-state index in [2.05, 4.69) is 10.3 Å². The van der Waals surface area contributed by atoms with E-state index in [1.165, 1.54) is 0 Å². The molecule has 1 spiro atoms. The van der Waals surface area contributed by atoms with Gasteiger partial charge in [-0.15, -0.1) is 0 Å². The lowest BCUT2D eigenvalue weighted by Crippen LogP contribution is -2.48. The Labute approximate surface area is 105 Å². The molecule has 2 heterocycles. The monoisotopic (exact) mass is 245 g/mol. The van der Waals surface area contributed by atoms with Crippen LogP contribution in [0.2, 0.25) is 0 Å². The molecule has 18 heavy (non-hydrogen) atoms. The standard InChI is InChI=1S/C13H15N3O2/c1-12(2)7-13(10(17)15-11(14)16-13)8-5-3-4-6-9(8)18-12/h3-6H,7H2,1-2H3,(H3,14,15,16,17). The molecule has 1 unspecified atom stereocenters. The zero-order valence-corrected chi connectivity index (χ0v) is 10.4. The molecule has 0 radical (unpaired) electrons. The minimum Gasteiger partial charge on any atom is -0.487 e. The van der Waals surface area contributed by atoms with Gasteiger partial charge in [-0.05, 0) is 19.9 Å². The van der Waals surface area contributed by atoms with Crippen LogP contribution in [-0.2, 0) is 10.3 Å². The number of benzene rings is 1. The highest BCUT2D eigenvalue weighted by atomic mass is 16.5. The maximum Gasteiger partial charge on any atom is 0.259 e. The number of amides is 1. The summed E-state index contributed by atoms with van der Waals surface area (Å²) in [6.45, 7) is 3.89. The number of guanidine groups is 1. The highest BCUT2D eigenvalue weighted by Crippen LogP contribution is 2.47. The molecular formula is C13H15N3O2. The molecule has 0 aliphatic carbocycles. The van der Waals surface area contributed by atoms with Gasteiger partial charge in [0, 0.05) is 12.0 Å². The number of aliphatic imine (C=N–C) groups is 1. The second kappa shape index (κ2) is 3.25. The van der Waals surface area contributed by atoms with Crippen LogP contribution < -0.4 is 15.8 Å².